The van der Waals surface area contributed by atoms with Crippen molar-refractivity contribution >= 4 is 37.9 Å². The van der Waals surface area contributed by atoms with Crippen LogP contribution in [-0.4, -0.2) is 39.6 Å². The zero-order valence-corrected chi connectivity index (χ0v) is 16.3. The summed E-state index contributed by atoms with van der Waals surface area (Å²) in [7, 11) is -3.60. The Morgan fingerprint density at radius 2 is 1.44 bits per heavy atom. The Hall–Kier alpha value is -2.58. The van der Waals surface area contributed by atoms with Crippen LogP contribution >= 0.6 is 11.3 Å². The van der Waals surface area contributed by atoms with Gasteiger partial charge in [-0.15, -0.1) is 11.3 Å². The summed E-state index contributed by atoms with van der Waals surface area (Å²) in [6.07, 6.45) is 1.57. The molecule has 4 rings (SSSR count). The molecule has 0 radical (unpaired) electrons. The Labute approximate surface area is 163 Å². The summed E-state index contributed by atoms with van der Waals surface area (Å²) in [5, 5.41) is 2.10. The minimum absolute atomic E-state index is 0.240. The number of para-hydroxylation sites is 1. The van der Waals surface area contributed by atoms with Crippen molar-refractivity contribution in [3.05, 3.63) is 66.2 Å². The Bertz CT molecular complexity index is 966. The molecule has 1 N–H and O–H groups in total. The molecule has 1 saturated heterocycles. The molecule has 1 aromatic heterocycles. The molecule has 1 fully saturated rings. The van der Waals surface area contributed by atoms with Crippen LogP contribution in [-0.2, 0) is 10.0 Å². The lowest BCUT2D eigenvalue weighted by molar-refractivity contribution is 0.601. The fourth-order valence-corrected chi connectivity index (χ4v) is 4.93. The van der Waals surface area contributed by atoms with Gasteiger partial charge in [-0.1, -0.05) is 18.2 Å². The molecule has 2 aromatic carbocycles. The number of hydrogen-bond donors (Lipinski definition) is 1. The van der Waals surface area contributed by atoms with E-state index < -0.39 is 10.0 Å². The minimum atomic E-state index is -3.60. The molecule has 0 amide bonds. The Balaban J connectivity index is 1.41. The highest BCUT2D eigenvalue weighted by atomic mass is 32.2. The molecule has 1 aliphatic rings. The third-order valence-corrected chi connectivity index (χ3v) is 6.74. The molecular formula is C19H20N4O2S2. The number of piperazine rings is 1. The fourth-order valence-electron chi connectivity index (χ4n) is 3.15. The van der Waals surface area contributed by atoms with Crippen molar-refractivity contribution in [3.63, 3.8) is 0 Å². The molecule has 1 aliphatic heterocycles. The number of nitrogens with zero attached hydrogens (tertiary/aromatic N) is 3. The summed E-state index contributed by atoms with van der Waals surface area (Å²) in [6.45, 7) is 3.68. The molecule has 0 unspecified atom stereocenters. The van der Waals surface area contributed by atoms with Crippen LogP contribution in [0.5, 0.6) is 0 Å². The second-order valence-electron chi connectivity index (χ2n) is 6.25. The maximum atomic E-state index is 12.4. The smallest absolute Gasteiger partial charge is 0.263 e. The summed E-state index contributed by atoms with van der Waals surface area (Å²) in [6, 6.07) is 17.4. The average molecular weight is 401 g/mol. The van der Waals surface area contributed by atoms with Crippen LogP contribution in [0.25, 0.3) is 0 Å². The molecule has 3 aromatic rings. The van der Waals surface area contributed by atoms with Crippen LogP contribution in [0.15, 0.2) is 71.1 Å². The highest BCUT2D eigenvalue weighted by Crippen LogP contribution is 2.23. The predicted octanol–water partition coefficient (Wildman–Crippen LogP) is 3.27. The van der Waals surface area contributed by atoms with Gasteiger partial charge in [-0.3, -0.25) is 4.72 Å². The van der Waals surface area contributed by atoms with Gasteiger partial charge in [0.25, 0.3) is 10.0 Å². The highest BCUT2D eigenvalue weighted by Gasteiger charge is 2.19. The second kappa shape index (κ2) is 7.58. The second-order valence-corrected chi connectivity index (χ2v) is 8.82. The molecule has 140 valence electrons. The van der Waals surface area contributed by atoms with Crippen molar-refractivity contribution < 1.29 is 8.42 Å². The van der Waals surface area contributed by atoms with E-state index in [-0.39, 0.29) is 4.90 Å². The van der Waals surface area contributed by atoms with Gasteiger partial charge < -0.3 is 9.80 Å². The number of benzene rings is 2. The standard InChI is InChI=1S/C19H20N4O2S2/c24-27(25,21-19-20-10-15-26-19)18-8-6-17(7-9-18)23-13-11-22(12-14-23)16-4-2-1-3-5-16/h1-10,15H,11-14H2,(H,20,21). The summed E-state index contributed by atoms with van der Waals surface area (Å²) >= 11 is 1.25. The quantitative estimate of drug-likeness (QED) is 0.712. The zero-order chi connectivity index (χ0) is 18.7. The first-order chi connectivity index (χ1) is 13.1. The minimum Gasteiger partial charge on any atom is -0.368 e. The lowest BCUT2D eigenvalue weighted by Gasteiger charge is -2.37. The van der Waals surface area contributed by atoms with Gasteiger partial charge >= 0.3 is 0 Å². The van der Waals surface area contributed by atoms with Gasteiger partial charge in [0, 0.05) is 49.1 Å². The van der Waals surface area contributed by atoms with E-state index in [1.807, 2.05) is 18.2 Å². The van der Waals surface area contributed by atoms with E-state index in [0.29, 0.717) is 5.13 Å². The first-order valence-corrected chi connectivity index (χ1v) is 11.1. The molecule has 0 aliphatic carbocycles. The average Bonchev–Trinajstić information content (AvgIpc) is 3.21. The third kappa shape index (κ3) is 4.06. The lowest BCUT2D eigenvalue weighted by Crippen LogP contribution is -2.46. The first kappa shape index (κ1) is 17.8. The lowest BCUT2D eigenvalue weighted by atomic mass is 10.2. The Morgan fingerprint density at radius 3 is 2.00 bits per heavy atom. The molecule has 6 nitrogen and oxygen atoms in total. The largest absolute Gasteiger partial charge is 0.368 e. The van der Waals surface area contributed by atoms with E-state index in [0.717, 1.165) is 31.9 Å². The molecule has 8 heteroatoms. The van der Waals surface area contributed by atoms with Gasteiger partial charge in [0.1, 0.15) is 0 Å². The van der Waals surface area contributed by atoms with E-state index in [1.54, 1.807) is 23.7 Å². The van der Waals surface area contributed by atoms with Crippen LogP contribution in [0.4, 0.5) is 16.5 Å². The van der Waals surface area contributed by atoms with Gasteiger partial charge in [0.15, 0.2) is 5.13 Å². The number of nitrogens with one attached hydrogen (secondary N) is 1. The molecule has 0 spiro atoms. The Kier molecular flexibility index (Phi) is 5.00. The van der Waals surface area contributed by atoms with E-state index in [4.69, 9.17) is 0 Å². The number of rotatable bonds is 5. The SMILES string of the molecule is O=S(=O)(Nc1nccs1)c1ccc(N2CCN(c3ccccc3)CC2)cc1. The van der Waals surface area contributed by atoms with E-state index in [9.17, 15) is 8.42 Å². The topological polar surface area (TPSA) is 65.5 Å². The van der Waals surface area contributed by atoms with Crippen LogP contribution in [0.2, 0.25) is 0 Å². The first-order valence-electron chi connectivity index (χ1n) is 8.69. The number of aromatic nitrogens is 1. The van der Waals surface area contributed by atoms with Crippen LogP contribution in [0, 0.1) is 0 Å². The fraction of sp³-hybridized carbons (Fsp3) is 0.211. The van der Waals surface area contributed by atoms with Gasteiger partial charge in [-0.05, 0) is 36.4 Å². The van der Waals surface area contributed by atoms with Crippen molar-refractivity contribution in [3.8, 4) is 0 Å². The van der Waals surface area contributed by atoms with E-state index in [2.05, 4.69) is 43.8 Å². The van der Waals surface area contributed by atoms with Gasteiger partial charge in [-0.2, -0.15) is 0 Å². The molecule has 0 bridgehead atoms. The van der Waals surface area contributed by atoms with Gasteiger partial charge in [0.05, 0.1) is 4.90 Å². The van der Waals surface area contributed by atoms with Gasteiger partial charge in [-0.25, -0.2) is 13.4 Å². The summed E-state index contributed by atoms with van der Waals surface area (Å²) in [5.74, 6) is 0. The van der Waals surface area contributed by atoms with Crippen LogP contribution in [0.3, 0.4) is 0 Å². The van der Waals surface area contributed by atoms with Crippen molar-refractivity contribution in [1.29, 1.82) is 0 Å². The summed E-state index contributed by atoms with van der Waals surface area (Å²) < 4.78 is 27.3. The highest BCUT2D eigenvalue weighted by molar-refractivity contribution is 7.93. The van der Waals surface area contributed by atoms with Crippen molar-refractivity contribution in [2.75, 3.05) is 40.7 Å². The maximum Gasteiger partial charge on any atom is 0.263 e. The van der Waals surface area contributed by atoms with Crippen molar-refractivity contribution in [1.82, 2.24) is 4.98 Å². The predicted molar refractivity (Wildman–Crippen MR) is 110 cm³/mol. The monoisotopic (exact) mass is 400 g/mol. The van der Waals surface area contributed by atoms with Gasteiger partial charge in [0.2, 0.25) is 0 Å². The van der Waals surface area contributed by atoms with Crippen LogP contribution in [0.1, 0.15) is 0 Å². The molecule has 0 saturated carbocycles. The van der Waals surface area contributed by atoms with Crippen LogP contribution < -0.4 is 14.5 Å². The third-order valence-electron chi connectivity index (χ3n) is 4.57. The van der Waals surface area contributed by atoms with E-state index >= 15 is 0 Å². The van der Waals surface area contributed by atoms with Crippen molar-refractivity contribution in [2.24, 2.45) is 0 Å². The zero-order valence-electron chi connectivity index (χ0n) is 14.7. The van der Waals surface area contributed by atoms with E-state index in [1.165, 1.54) is 17.0 Å². The molecule has 2 heterocycles. The Morgan fingerprint density at radius 1 is 0.852 bits per heavy atom. The molecule has 0 atom stereocenters. The number of sulfonamides is 1. The maximum absolute atomic E-state index is 12.4. The number of thiazole rings is 1. The van der Waals surface area contributed by atoms with Crippen molar-refractivity contribution in [2.45, 2.75) is 4.90 Å². The summed E-state index contributed by atoms with van der Waals surface area (Å²) in [5.41, 5.74) is 2.28. The number of anilines is 3. The molecule has 27 heavy (non-hydrogen) atoms. The number of hydrogen-bond acceptors (Lipinski definition) is 6. The normalized spacial score (nSPS) is 15.0. The molecular weight excluding hydrogens is 380 g/mol. The summed E-state index contributed by atoms with van der Waals surface area (Å²) in [4.78, 5) is 8.86.